The van der Waals surface area contributed by atoms with Gasteiger partial charge in [-0.3, -0.25) is 9.78 Å². The van der Waals surface area contributed by atoms with Crippen LogP contribution < -0.4 is 5.32 Å². The summed E-state index contributed by atoms with van der Waals surface area (Å²) in [6.07, 6.45) is 5.96. The van der Waals surface area contributed by atoms with Crippen molar-refractivity contribution in [1.82, 2.24) is 15.3 Å². The number of pyridine rings is 1. The van der Waals surface area contributed by atoms with Crippen LogP contribution in [0.15, 0.2) is 65.5 Å². The molecule has 3 rings (SSSR count). The minimum absolute atomic E-state index is 0.0340. The normalized spacial score (nSPS) is 10.4. The highest BCUT2D eigenvalue weighted by Crippen LogP contribution is 2.20. The van der Waals surface area contributed by atoms with Gasteiger partial charge in [-0.15, -0.1) is 0 Å². The highest BCUT2D eigenvalue weighted by molar-refractivity contribution is 5.76. The fraction of sp³-hybridized carbons (Fsp3) is 0.167. The molecule has 2 aromatic heterocycles. The highest BCUT2D eigenvalue weighted by Gasteiger charge is 2.08. The van der Waals surface area contributed by atoms with Crippen LogP contribution in [-0.2, 0) is 17.8 Å². The maximum atomic E-state index is 11.9. The number of aryl methyl sites for hydroxylation is 1. The fourth-order valence-electron chi connectivity index (χ4n) is 2.17. The Kier molecular flexibility index (Phi) is 4.79. The summed E-state index contributed by atoms with van der Waals surface area (Å²) in [4.78, 5) is 20.1. The standard InChI is InChI=1S/C18H17N3O2/c22-17(20-12-14-5-4-10-19-11-14)8-9-18-21-13-16(23-18)15-6-2-1-3-7-15/h1-7,10-11,13H,8-9,12H2,(H,20,22). The van der Waals surface area contributed by atoms with Crippen LogP contribution in [0.3, 0.4) is 0 Å². The average molecular weight is 307 g/mol. The van der Waals surface area contributed by atoms with Crippen molar-refractivity contribution in [2.75, 3.05) is 0 Å². The molecule has 1 amide bonds. The molecular formula is C18H17N3O2. The Hall–Kier alpha value is -2.95. The third-order valence-electron chi connectivity index (χ3n) is 3.39. The van der Waals surface area contributed by atoms with E-state index in [2.05, 4.69) is 15.3 Å². The molecule has 2 heterocycles. The molecule has 0 radical (unpaired) electrons. The molecule has 0 spiro atoms. The minimum atomic E-state index is -0.0340. The van der Waals surface area contributed by atoms with E-state index < -0.39 is 0 Å². The summed E-state index contributed by atoms with van der Waals surface area (Å²) in [5.41, 5.74) is 1.95. The van der Waals surface area contributed by atoms with Crippen molar-refractivity contribution in [3.63, 3.8) is 0 Å². The molecule has 116 valence electrons. The predicted molar refractivity (Wildman–Crippen MR) is 86.3 cm³/mol. The summed E-state index contributed by atoms with van der Waals surface area (Å²) in [6.45, 7) is 0.480. The average Bonchev–Trinajstić information content (AvgIpc) is 3.09. The van der Waals surface area contributed by atoms with Crippen molar-refractivity contribution in [3.05, 3.63) is 72.5 Å². The maximum absolute atomic E-state index is 11.9. The molecule has 1 N–H and O–H groups in total. The third kappa shape index (κ3) is 4.26. The molecule has 0 aliphatic heterocycles. The zero-order valence-corrected chi connectivity index (χ0v) is 12.6. The number of amides is 1. The van der Waals surface area contributed by atoms with Crippen LogP contribution in [0.25, 0.3) is 11.3 Å². The topological polar surface area (TPSA) is 68.0 Å². The van der Waals surface area contributed by atoms with E-state index in [4.69, 9.17) is 4.42 Å². The quantitative estimate of drug-likeness (QED) is 0.760. The lowest BCUT2D eigenvalue weighted by Gasteiger charge is -2.03. The summed E-state index contributed by atoms with van der Waals surface area (Å²) in [6, 6.07) is 13.5. The number of nitrogens with zero attached hydrogens (tertiary/aromatic N) is 2. The van der Waals surface area contributed by atoms with Crippen molar-refractivity contribution in [2.24, 2.45) is 0 Å². The Balaban J connectivity index is 1.49. The smallest absolute Gasteiger partial charge is 0.220 e. The van der Waals surface area contributed by atoms with Crippen molar-refractivity contribution in [3.8, 4) is 11.3 Å². The summed E-state index contributed by atoms with van der Waals surface area (Å²) in [7, 11) is 0. The molecule has 3 aromatic rings. The Bertz CT molecular complexity index is 754. The summed E-state index contributed by atoms with van der Waals surface area (Å²) >= 11 is 0. The lowest BCUT2D eigenvalue weighted by atomic mass is 10.2. The van der Waals surface area contributed by atoms with Crippen LogP contribution in [0.2, 0.25) is 0 Å². The van der Waals surface area contributed by atoms with Crippen LogP contribution in [-0.4, -0.2) is 15.9 Å². The number of nitrogens with one attached hydrogen (secondary N) is 1. The number of carbonyl (C=O) groups is 1. The molecule has 0 unspecified atom stereocenters. The van der Waals surface area contributed by atoms with Crippen molar-refractivity contribution in [1.29, 1.82) is 0 Å². The molecule has 5 nitrogen and oxygen atoms in total. The van der Waals surface area contributed by atoms with Gasteiger partial charge in [-0.05, 0) is 11.6 Å². The molecule has 23 heavy (non-hydrogen) atoms. The van der Waals surface area contributed by atoms with Gasteiger partial charge in [0, 0.05) is 37.3 Å². The minimum Gasteiger partial charge on any atom is -0.441 e. The monoisotopic (exact) mass is 307 g/mol. The van der Waals surface area contributed by atoms with E-state index in [1.807, 2.05) is 42.5 Å². The van der Waals surface area contributed by atoms with Gasteiger partial charge in [-0.25, -0.2) is 4.98 Å². The summed E-state index contributed by atoms with van der Waals surface area (Å²) in [5.74, 6) is 1.25. The van der Waals surface area contributed by atoms with Gasteiger partial charge in [0.2, 0.25) is 5.91 Å². The second kappa shape index (κ2) is 7.35. The van der Waals surface area contributed by atoms with Gasteiger partial charge in [0.15, 0.2) is 11.7 Å². The molecule has 0 atom stereocenters. The predicted octanol–water partition coefficient (Wildman–Crippen LogP) is 2.99. The molecule has 0 saturated heterocycles. The van der Waals surface area contributed by atoms with Crippen LogP contribution >= 0.6 is 0 Å². The van der Waals surface area contributed by atoms with E-state index in [9.17, 15) is 4.79 Å². The SMILES string of the molecule is O=C(CCc1ncc(-c2ccccc2)o1)NCc1cccnc1. The number of hydrogen-bond acceptors (Lipinski definition) is 4. The number of hydrogen-bond donors (Lipinski definition) is 1. The second-order valence-corrected chi connectivity index (χ2v) is 5.12. The third-order valence-corrected chi connectivity index (χ3v) is 3.39. The molecule has 0 aliphatic rings. The van der Waals surface area contributed by atoms with E-state index in [-0.39, 0.29) is 5.91 Å². The highest BCUT2D eigenvalue weighted by atomic mass is 16.4. The number of carbonyl (C=O) groups excluding carboxylic acids is 1. The van der Waals surface area contributed by atoms with Gasteiger partial charge < -0.3 is 9.73 Å². The van der Waals surface area contributed by atoms with E-state index in [0.29, 0.717) is 25.3 Å². The Morgan fingerprint density at radius 3 is 2.74 bits per heavy atom. The number of benzene rings is 1. The molecule has 0 aliphatic carbocycles. The zero-order valence-electron chi connectivity index (χ0n) is 12.6. The van der Waals surface area contributed by atoms with Gasteiger partial charge in [0.25, 0.3) is 0 Å². The first-order valence-corrected chi connectivity index (χ1v) is 7.47. The summed E-state index contributed by atoms with van der Waals surface area (Å²) in [5, 5.41) is 2.86. The largest absolute Gasteiger partial charge is 0.441 e. The molecule has 1 aromatic carbocycles. The van der Waals surface area contributed by atoms with Crippen LogP contribution in [0.5, 0.6) is 0 Å². The Labute approximate surface area is 134 Å². The van der Waals surface area contributed by atoms with Gasteiger partial charge in [-0.1, -0.05) is 36.4 Å². The fourth-order valence-corrected chi connectivity index (χ4v) is 2.17. The summed E-state index contributed by atoms with van der Waals surface area (Å²) < 4.78 is 5.68. The van der Waals surface area contributed by atoms with E-state index in [1.54, 1.807) is 18.6 Å². The Morgan fingerprint density at radius 2 is 1.96 bits per heavy atom. The van der Waals surface area contributed by atoms with Gasteiger partial charge in [-0.2, -0.15) is 0 Å². The number of aromatic nitrogens is 2. The second-order valence-electron chi connectivity index (χ2n) is 5.12. The van der Waals surface area contributed by atoms with Crippen molar-refractivity contribution < 1.29 is 9.21 Å². The van der Waals surface area contributed by atoms with Crippen LogP contribution in [0, 0.1) is 0 Å². The lowest BCUT2D eigenvalue weighted by Crippen LogP contribution is -2.23. The lowest BCUT2D eigenvalue weighted by molar-refractivity contribution is -0.121. The first kappa shape index (κ1) is 15.0. The van der Waals surface area contributed by atoms with Gasteiger partial charge >= 0.3 is 0 Å². The van der Waals surface area contributed by atoms with Crippen molar-refractivity contribution >= 4 is 5.91 Å². The van der Waals surface area contributed by atoms with E-state index in [0.717, 1.165) is 16.9 Å². The Morgan fingerprint density at radius 1 is 1.09 bits per heavy atom. The number of rotatable bonds is 6. The van der Waals surface area contributed by atoms with Crippen molar-refractivity contribution in [2.45, 2.75) is 19.4 Å². The van der Waals surface area contributed by atoms with Gasteiger partial charge in [0.1, 0.15) is 0 Å². The van der Waals surface area contributed by atoms with E-state index in [1.165, 1.54) is 0 Å². The van der Waals surface area contributed by atoms with Crippen LogP contribution in [0.1, 0.15) is 17.9 Å². The first-order valence-electron chi connectivity index (χ1n) is 7.47. The molecule has 5 heteroatoms. The first-order chi connectivity index (χ1) is 11.3. The van der Waals surface area contributed by atoms with Crippen LogP contribution in [0.4, 0.5) is 0 Å². The molecule has 0 saturated carbocycles. The zero-order chi connectivity index (χ0) is 15.9. The molecule has 0 fully saturated rings. The maximum Gasteiger partial charge on any atom is 0.220 e. The van der Waals surface area contributed by atoms with Gasteiger partial charge in [0.05, 0.1) is 6.20 Å². The molecule has 0 bridgehead atoms. The molecular weight excluding hydrogens is 290 g/mol. The van der Waals surface area contributed by atoms with E-state index >= 15 is 0 Å². The number of oxazole rings is 1.